The lowest BCUT2D eigenvalue weighted by Gasteiger charge is -2.08. The van der Waals surface area contributed by atoms with Gasteiger partial charge < -0.3 is 9.47 Å². The molecule has 0 fully saturated rings. The maximum absolute atomic E-state index is 5.22. The Morgan fingerprint density at radius 2 is 2.07 bits per heavy atom. The topological polar surface area (TPSA) is 18.5 Å². The third kappa shape index (κ3) is 3.00. The maximum Gasteiger partial charge on any atom is 0.164 e. The Hall–Kier alpha value is -1.09. The molecule has 0 atom stereocenters. The molecule has 0 aliphatic carbocycles. The fraction of sp³-hybridized carbons (Fsp3) is 0.364. The molecule has 0 bridgehead atoms. The van der Waals surface area contributed by atoms with E-state index in [-0.39, 0.29) is 0 Å². The van der Waals surface area contributed by atoms with E-state index in [4.69, 9.17) is 21.7 Å². The molecule has 14 heavy (non-hydrogen) atoms. The summed E-state index contributed by atoms with van der Waals surface area (Å²) < 4.78 is 10.4. The summed E-state index contributed by atoms with van der Waals surface area (Å²) in [5.74, 6) is 0.856. The van der Waals surface area contributed by atoms with E-state index in [1.54, 1.807) is 7.11 Å². The highest BCUT2D eigenvalue weighted by Crippen LogP contribution is 2.18. The Bertz CT molecular complexity index is 310. The fourth-order valence-electron chi connectivity index (χ4n) is 1.22. The smallest absolute Gasteiger partial charge is 0.164 e. The molecular formula is C11H14O2S. The summed E-state index contributed by atoms with van der Waals surface area (Å²) in [5.41, 5.74) is 1.06. The van der Waals surface area contributed by atoms with Crippen LogP contribution < -0.4 is 4.74 Å². The van der Waals surface area contributed by atoms with Gasteiger partial charge in [0, 0.05) is 12.0 Å². The molecule has 76 valence electrons. The van der Waals surface area contributed by atoms with Gasteiger partial charge in [-0.05, 0) is 25.2 Å². The fourth-order valence-corrected chi connectivity index (χ4v) is 1.49. The molecule has 0 aliphatic heterocycles. The molecule has 0 saturated heterocycles. The quantitative estimate of drug-likeness (QED) is 0.712. The summed E-state index contributed by atoms with van der Waals surface area (Å²) >= 11 is 5.06. The van der Waals surface area contributed by atoms with Gasteiger partial charge in [-0.1, -0.05) is 18.2 Å². The van der Waals surface area contributed by atoms with Crippen LogP contribution in [-0.4, -0.2) is 18.8 Å². The average molecular weight is 210 g/mol. The first-order valence-corrected chi connectivity index (χ1v) is 4.96. The van der Waals surface area contributed by atoms with Gasteiger partial charge in [-0.25, -0.2) is 0 Å². The minimum atomic E-state index is 0.608. The van der Waals surface area contributed by atoms with Crippen molar-refractivity contribution in [3.8, 4) is 5.75 Å². The van der Waals surface area contributed by atoms with Crippen molar-refractivity contribution in [2.24, 2.45) is 0 Å². The number of thiocarbonyl (C=S) groups is 1. The van der Waals surface area contributed by atoms with Gasteiger partial charge in [-0.2, -0.15) is 0 Å². The molecule has 0 saturated carbocycles. The lowest BCUT2D eigenvalue weighted by molar-refractivity contribution is 0.329. The highest BCUT2D eigenvalue weighted by molar-refractivity contribution is 7.80. The van der Waals surface area contributed by atoms with Crippen molar-refractivity contribution in [3.63, 3.8) is 0 Å². The van der Waals surface area contributed by atoms with Crippen LogP contribution in [0.1, 0.15) is 12.5 Å². The zero-order chi connectivity index (χ0) is 10.4. The number of hydrogen-bond donors (Lipinski definition) is 0. The largest absolute Gasteiger partial charge is 0.496 e. The Morgan fingerprint density at radius 1 is 1.36 bits per heavy atom. The van der Waals surface area contributed by atoms with Crippen molar-refractivity contribution >= 4 is 17.3 Å². The summed E-state index contributed by atoms with van der Waals surface area (Å²) in [6.45, 7) is 2.54. The number of rotatable bonds is 4. The number of ether oxygens (including phenoxy) is 2. The molecule has 1 aromatic carbocycles. The van der Waals surface area contributed by atoms with Crippen LogP contribution in [0.5, 0.6) is 5.75 Å². The van der Waals surface area contributed by atoms with E-state index in [0.717, 1.165) is 11.3 Å². The van der Waals surface area contributed by atoms with Crippen molar-refractivity contribution in [1.29, 1.82) is 0 Å². The molecule has 0 aromatic heterocycles. The van der Waals surface area contributed by atoms with Gasteiger partial charge in [0.15, 0.2) is 5.05 Å². The lowest BCUT2D eigenvalue weighted by atomic mass is 10.1. The van der Waals surface area contributed by atoms with Crippen molar-refractivity contribution < 1.29 is 9.47 Å². The van der Waals surface area contributed by atoms with Gasteiger partial charge in [0.25, 0.3) is 0 Å². The Kier molecular flexibility index (Phi) is 4.40. The molecule has 1 rings (SSSR count). The van der Waals surface area contributed by atoms with Crippen LogP contribution in [0.25, 0.3) is 0 Å². The zero-order valence-electron chi connectivity index (χ0n) is 8.45. The van der Waals surface area contributed by atoms with E-state index in [2.05, 4.69) is 0 Å². The van der Waals surface area contributed by atoms with E-state index < -0.39 is 0 Å². The molecule has 0 heterocycles. The second-order valence-electron chi connectivity index (χ2n) is 2.79. The first-order chi connectivity index (χ1) is 6.77. The van der Waals surface area contributed by atoms with Crippen molar-refractivity contribution in [3.05, 3.63) is 29.8 Å². The van der Waals surface area contributed by atoms with Gasteiger partial charge in [0.05, 0.1) is 13.7 Å². The molecule has 0 unspecified atom stereocenters. The van der Waals surface area contributed by atoms with Crippen molar-refractivity contribution in [2.45, 2.75) is 13.3 Å². The van der Waals surface area contributed by atoms with Crippen LogP contribution in [0.15, 0.2) is 24.3 Å². The highest BCUT2D eigenvalue weighted by atomic mass is 32.1. The minimum Gasteiger partial charge on any atom is -0.496 e. The number of para-hydroxylation sites is 1. The SMILES string of the molecule is CCOC(=S)Cc1ccccc1OC. The zero-order valence-corrected chi connectivity index (χ0v) is 9.26. The average Bonchev–Trinajstić information content (AvgIpc) is 2.19. The van der Waals surface area contributed by atoms with Gasteiger partial charge in [-0.3, -0.25) is 0 Å². The summed E-state index contributed by atoms with van der Waals surface area (Å²) in [6.07, 6.45) is 0.632. The number of methoxy groups -OCH3 is 1. The summed E-state index contributed by atoms with van der Waals surface area (Å²) in [6, 6.07) is 7.81. The predicted octanol–water partition coefficient (Wildman–Crippen LogP) is 2.60. The molecule has 0 N–H and O–H groups in total. The molecule has 2 nitrogen and oxygen atoms in total. The van der Waals surface area contributed by atoms with Crippen molar-refractivity contribution in [2.75, 3.05) is 13.7 Å². The standard InChI is InChI=1S/C11H14O2S/c1-3-13-11(14)8-9-6-4-5-7-10(9)12-2/h4-7H,3,8H2,1-2H3. The van der Waals surface area contributed by atoms with Gasteiger partial charge in [0.1, 0.15) is 5.75 Å². The number of hydrogen-bond acceptors (Lipinski definition) is 3. The third-order valence-electron chi connectivity index (χ3n) is 1.83. The van der Waals surface area contributed by atoms with Crippen LogP contribution >= 0.6 is 12.2 Å². The second kappa shape index (κ2) is 5.60. The molecule has 3 heteroatoms. The lowest BCUT2D eigenvalue weighted by Crippen LogP contribution is -2.06. The normalized spacial score (nSPS) is 9.57. The minimum absolute atomic E-state index is 0.608. The molecular weight excluding hydrogens is 196 g/mol. The van der Waals surface area contributed by atoms with Gasteiger partial charge in [0.2, 0.25) is 0 Å². The van der Waals surface area contributed by atoms with Crippen LogP contribution in [0.2, 0.25) is 0 Å². The summed E-state index contributed by atoms with van der Waals surface area (Å²) in [7, 11) is 1.66. The first-order valence-electron chi connectivity index (χ1n) is 4.55. The second-order valence-corrected chi connectivity index (χ2v) is 3.25. The first kappa shape index (κ1) is 11.0. The molecule has 0 amide bonds. The van der Waals surface area contributed by atoms with Crippen LogP contribution in [0, 0.1) is 0 Å². The summed E-state index contributed by atoms with van der Waals surface area (Å²) in [5, 5.41) is 0.608. The predicted molar refractivity (Wildman–Crippen MR) is 60.9 cm³/mol. The molecule has 0 aliphatic rings. The molecule has 0 radical (unpaired) electrons. The van der Waals surface area contributed by atoms with Gasteiger partial charge in [-0.15, -0.1) is 0 Å². The Morgan fingerprint density at radius 3 is 2.71 bits per heavy atom. The van der Waals surface area contributed by atoms with Crippen LogP contribution in [-0.2, 0) is 11.2 Å². The van der Waals surface area contributed by atoms with E-state index in [9.17, 15) is 0 Å². The molecule has 1 aromatic rings. The van der Waals surface area contributed by atoms with E-state index in [0.29, 0.717) is 18.1 Å². The summed E-state index contributed by atoms with van der Waals surface area (Å²) in [4.78, 5) is 0. The van der Waals surface area contributed by atoms with Crippen LogP contribution in [0.3, 0.4) is 0 Å². The van der Waals surface area contributed by atoms with Crippen LogP contribution in [0.4, 0.5) is 0 Å². The van der Waals surface area contributed by atoms with E-state index in [1.807, 2.05) is 31.2 Å². The Labute approximate surface area is 89.8 Å². The maximum atomic E-state index is 5.22. The van der Waals surface area contributed by atoms with E-state index in [1.165, 1.54) is 0 Å². The Balaban J connectivity index is 2.70. The monoisotopic (exact) mass is 210 g/mol. The highest BCUT2D eigenvalue weighted by Gasteiger charge is 2.04. The van der Waals surface area contributed by atoms with Gasteiger partial charge >= 0.3 is 0 Å². The molecule has 0 spiro atoms. The van der Waals surface area contributed by atoms with E-state index >= 15 is 0 Å². The third-order valence-corrected chi connectivity index (χ3v) is 2.09. The van der Waals surface area contributed by atoms with Crippen molar-refractivity contribution in [1.82, 2.24) is 0 Å². The number of benzene rings is 1.